The van der Waals surface area contributed by atoms with Crippen LogP contribution in [0.5, 0.6) is 5.75 Å². The Labute approximate surface area is 196 Å². The van der Waals surface area contributed by atoms with Crippen molar-refractivity contribution in [2.45, 2.75) is 16.6 Å². The summed E-state index contributed by atoms with van der Waals surface area (Å²) in [6, 6.07) is 24.2. The van der Waals surface area contributed by atoms with Crippen molar-refractivity contribution in [3.05, 3.63) is 78.9 Å². The van der Waals surface area contributed by atoms with Crippen molar-refractivity contribution >= 4 is 58.0 Å². The predicted molar refractivity (Wildman–Crippen MR) is 132 cm³/mol. The van der Waals surface area contributed by atoms with Gasteiger partial charge in [-0.1, -0.05) is 18.2 Å². The number of imide groups is 1. The summed E-state index contributed by atoms with van der Waals surface area (Å²) in [5.41, 5.74) is 2.29. The normalized spacial score (nSPS) is 15.5. The predicted octanol–water partition coefficient (Wildman–Crippen LogP) is 4.93. The molecule has 2 amide bonds. The monoisotopic (exact) mass is 463 g/mol. The van der Waals surface area contributed by atoms with E-state index in [-0.39, 0.29) is 18.2 Å². The molecule has 3 aromatic carbocycles. The van der Waals surface area contributed by atoms with Gasteiger partial charge in [-0.25, -0.2) is 4.90 Å². The van der Waals surface area contributed by atoms with Gasteiger partial charge in [0.1, 0.15) is 5.75 Å². The molecule has 1 fully saturated rings. The van der Waals surface area contributed by atoms with E-state index >= 15 is 0 Å². The van der Waals surface area contributed by atoms with Gasteiger partial charge in [0.25, 0.3) is 0 Å². The zero-order valence-corrected chi connectivity index (χ0v) is 18.9. The zero-order valence-electron chi connectivity index (χ0n) is 17.3. The van der Waals surface area contributed by atoms with Crippen LogP contribution in [-0.4, -0.2) is 29.3 Å². The van der Waals surface area contributed by atoms with Crippen LogP contribution < -0.4 is 20.3 Å². The summed E-state index contributed by atoms with van der Waals surface area (Å²) < 4.78 is 5.14. The van der Waals surface area contributed by atoms with Crippen LogP contribution in [0.25, 0.3) is 0 Å². The molecule has 1 aliphatic rings. The Balaban J connectivity index is 1.36. The topological polar surface area (TPSA) is 70.7 Å². The van der Waals surface area contributed by atoms with Crippen LogP contribution in [0.4, 0.5) is 17.1 Å². The third kappa shape index (κ3) is 5.09. The molecule has 2 N–H and O–H groups in total. The highest BCUT2D eigenvalue weighted by Crippen LogP contribution is 2.34. The Morgan fingerprint density at radius 3 is 2.19 bits per heavy atom. The molecule has 32 heavy (non-hydrogen) atoms. The number of carbonyl (C=O) groups excluding carboxylic acids is 2. The maximum Gasteiger partial charge on any atom is 0.247 e. The van der Waals surface area contributed by atoms with Crippen molar-refractivity contribution in [3.8, 4) is 5.75 Å². The second kappa shape index (κ2) is 9.84. The van der Waals surface area contributed by atoms with Gasteiger partial charge in [0.2, 0.25) is 11.8 Å². The molecular formula is C24H21N3O3S2. The number of benzene rings is 3. The number of hydrogen-bond acceptors (Lipinski definition) is 5. The standard InChI is InChI=1S/C24H21N3O3S2/c1-30-19-11-9-18(10-12-19)27-22(28)15-21(23(27)29)32-20-13-7-17(8-14-20)26-24(31)25-16-5-3-2-4-6-16/h2-14,21H,15H2,1H3,(H2,25,26,31)/t21-/m0/s1. The minimum Gasteiger partial charge on any atom is -0.497 e. The molecule has 0 bridgehead atoms. The number of thioether (sulfide) groups is 1. The molecule has 1 saturated heterocycles. The van der Waals surface area contributed by atoms with Gasteiger partial charge in [-0.05, 0) is 72.9 Å². The highest BCUT2D eigenvalue weighted by molar-refractivity contribution is 8.00. The number of hydrogen-bond donors (Lipinski definition) is 2. The van der Waals surface area contributed by atoms with Gasteiger partial charge >= 0.3 is 0 Å². The molecule has 1 aliphatic heterocycles. The first-order chi connectivity index (χ1) is 15.5. The lowest BCUT2D eigenvalue weighted by molar-refractivity contribution is -0.121. The Hall–Kier alpha value is -3.36. The summed E-state index contributed by atoms with van der Waals surface area (Å²) in [5.74, 6) is 0.264. The lowest BCUT2D eigenvalue weighted by Gasteiger charge is -2.15. The Morgan fingerprint density at radius 1 is 0.938 bits per heavy atom. The molecule has 0 aliphatic carbocycles. The molecular weight excluding hydrogens is 442 g/mol. The maximum atomic E-state index is 12.9. The van der Waals surface area contributed by atoms with E-state index in [1.54, 1.807) is 31.4 Å². The molecule has 3 aromatic rings. The first-order valence-electron chi connectivity index (χ1n) is 9.94. The maximum absolute atomic E-state index is 12.9. The fraction of sp³-hybridized carbons (Fsp3) is 0.125. The molecule has 162 valence electrons. The van der Waals surface area contributed by atoms with Crippen LogP contribution >= 0.6 is 24.0 Å². The van der Waals surface area contributed by atoms with Crippen LogP contribution in [0.3, 0.4) is 0 Å². The van der Waals surface area contributed by atoms with E-state index in [0.29, 0.717) is 16.5 Å². The van der Waals surface area contributed by atoms with Crippen LogP contribution in [0, 0.1) is 0 Å². The van der Waals surface area contributed by atoms with Crippen molar-refractivity contribution in [3.63, 3.8) is 0 Å². The number of thiocarbonyl (C=S) groups is 1. The molecule has 0 unspecified atom stereocenters. The third-order valence-corrected chi connectivity index (χ3v) is 6.26. The van der Waals surface area contributed by atoms with Crippen LogP contribution in [-0.2, 0) is 9.59 Å². The molecule has 4 rings (SSSR count). The fourth-order valence-corrected chi connectivity index (χ4v) is 4.58. The van der Waals surface area contributed by atoms with Gasteiger partial charge in [0.15, 0.2) is 5.11 Å². The lowest BCUT2D eigenvalue weighted by atomic mass is 10.3. The summed E-state index contributed by atoms with van der Waals surface area (Å²) in [7, 11) is 1.57. The molecule has 0 saturated carbocycles. The first kappa shape index (κ1) is 21.9. The average molecular weight is 464 g/mol. The van der Waals surface area contributed by atoms with Crippen LogP contribution in [0.2, 0.25) is 0 Å². The van der Waals surface area contributed by atoms with Crippen molar-refractivity contribution in [1.82, 2.24) is 0 Å². The molecule has 1 heterocycles. The Morgan fingerprint density at radius 2 is 1.56 bits per heavy atom. The summed E-state index contributed by atoms with van der Waals surface area (Å²) in [6.45, 7) is 0. The lowest BCUT2D eigenvalue weighted by Crippen LogP contribution is -2.31. The molecule has 0 aromatic heterocycles. The largest absolute Gasteiger partial charge is 0.497 e. The van der Waals surface area contributed by atoms with E-state index in [2.05, 4.69) is 10.6 Å². The second-order valence-corrected chi connectivity index (χ2v) is 8.73. The van der Waals surface area contributed by atoms with E-state index in [1.165, 1.54) is 16.7 Å². The Kier molecular flexibility index (Phi) is 6.72. The zero-order chi connectivity index (χ0) is 22.5. The van der Waals surface area contributed by atoms with Gasteiger partial charge in [0, 0.05) is 22.7 Å². The van der Waals surface area contributed by atoms with E-state index in [1.807, 2.05) is 54.6 Å². The van der Waals surface area contributed by atoms with E-state index in [0.717, 1.165) is 16.3 Å². The van der Waals surface area contributed by atoms with Crippen molar-refractivity contribution in [2.75, 3.05) is 22.6 Å². The smallest absolute Gasteiger partial charge is 0.247 e. The highest BCUT2D eigenvalue weighted by Gasteiger charge is 2.40. The summed E-state index contributed by atoms with van der Waals surface area (Å²) >= 11 is 6.73. The Bertz CT molecular complexity index is 1120. The number of rotatable bonds is 6. The molecule has 8 heteroatoms. The number of carbonyl (C=O) groups is 2. The van der Waals surface area contributed by atoms with Gasteiger partial charge in [-0.15, -0.1) is 11.8 Å². The van der Waals surface area contributed by atoms with Crippen molar-refractivity contribution < 1.29 is 14.3 Å². The van der Waals surface area contributed by atoms with Crippen LogP contribution in [0.1, 0.15) is 6.42 Å². The summed E-state index contributed by atoms with van der Waals surface area (Å²) in [6.07, 6.45) is 0.167. The van der Waals surface area contributed by atoms with Crippen molar-refractivity contribution in [1.29, 1.82) is 0 Å². The minimum absolute atomic E-state index is 0.167. The quantitative estimate of drug-likeness (QED) is 0.397. The van der Waals surface area contributed by atoms with E-state index < -0.39 is 5.25 Å². The SMILES string of the molecule is COc1ccc(N2C(=O)C[C@H](Sc3ccc(NC(=S)Nc4ccccc4)cc3)C2=O)cc1. The van der Waals surface area contributed by atoms with Crippen LogP contribution in [0.15, 0.2) is 83.8 Å². The number of anilines is 3. The highest BCUT2D eigenvalue weighted by atomic mass is 32.2. The van der Waals surface area contributed by atoms with E-state index in [9.17, 15) is 9.59 Å². The molecule has 1 atom stereocenters. The number of para-hydroxylation sites is 1. The first-order valence-corrected chi connectivity index (χ1v) is 11.2. The van der Waals surface area contributed by atoms with Crippen molar-refractivity contribution in [2.24, 2.45) is 0 Å². The number of nitrogens with one attached hydrogen (secondary N) is 2. The molecule has 0 radical (unpaired) electrons. The minimum atomic E-state index is -0.454. The summed E-state index contributed by atoms with van der Waals surface area (Å²) in [5, 5.41) is 6.29. The molecule has 0 spiro atoms. The van der Waals surface area contributed by atoms with Gasteiger partial charge in [-0.2, -0.15) is 0 Å². The molecule has 6 nitrogen and oxygen atoms in total. The number of methoxy groups -OCH3 is 1. The van der Waals surface area contributed by atoms with E-state index in [4.69, 9.17) is 17.0 Å². The number of amides is 2. The fourth-order valence-electron chi connectivity index (χ4n) is 3.29. The third-order valence-electron chi connectivity index (χ3n) is 4.86. The average Bonchev–Trinajstić information content (AvgIpc) is 3.08. The van der Waals surface area contributed by atoms with Gasteiger partial charge < -0.3 is 15.4 Å². The van der Waals surface area contributed by atoms with Gasteiger partial charge in [0.05, 0.1) is 18.0 Å². The second-order valence-electron chi connectivity index (χ2n) is 7.05. The summed E-state index contributed by atoms with van der Waals surface area (Å²) in [4.78, 5) is 27.5. The van der Waals surface area contributed by atoms with Gasteiger partial charge in [-0.3, -0.25) is 9.59 Å². The number of nitrogens with zero attached hydrogens (tertiary/aromatic N) is 1. The number of ether oxygens (including phenoxy) is 1.